The predicted molar refractivity (Wildman–Crippen MR) is 106 cm³/mol. The molecule has 1 aromatic carbocycles. The molecule has 0 aromatic heterocycles. The van der Waals surface area contributed by atoms with E-state index in [2.05, 4.69) is 65.8 Å². The lowest BCUT2D eigenvalue weighted by Crippen LogP contribution is -2.41. The largest absolute Gasteiger partial charge is 0.497 e. The monoisotopic (exact) mass is 331 g/mol. The minimum absolute atomic E-state index is 0.100. The molecule has 4 heteroatoms. The number of anilines is 1. The van der Waals surface area contributed by atoms with E-state index in [1.165, 1.54) is 5.47 Å². The maximum absolute atomic E-state index is 6.27. The Morgan fingerprint density at radius 1 is 1.21 bits per heavy atom. The summed E-state index contributed by atoms with van der Waals surface area (Å²) in [6.45, 7) is 13.2. The lowest BCUT2D eigenvalue weighted by Gasteiger charge is -2.39. The van der Waals surface area contributed by atoms with Gasteiger partial charge in [0.1, 0.15) is 5.75 Å². The third-order valence-electron chi connectivity index (χ3n) is 4.83. The minimum Gasteiger partial charge on any atom is -0.497 e. The second kappa shape index (κ2) is 8.61. The van der Waals surface area contributed by atoms with Crippen LogP contribution in [0.1, 0.15) is 54.4 Å². The molecular weight excluding hydrogens is 297 g/mol. The number of hydrogen-bond donors (Lipinski definition) is 0. The lowest BCUT2D eigenvalue weighted by atomic mass is 9.75. The Kier molecular flexibility index (Phi) is 7.40. The van der Waals surface area contributed by atoms with Crippen LogP contribution in [0.25, 0.3) is 0 Å². The first kappa shape index (κ1) is 20.6. The summed E-state index contributed by atoms with van der Waals surface area (Å²) in [4.78, 5) is 2.14. The number of nitrogens with zero attached hydrogens (tertiary/aromatic N) is 1. The molecular formula is C20H34BNO2. The van der Waals surface area contributed by atoms with Crippen LogP contribution in [0.5, 0.6) is 5.75 Å². The van der Waals surface area contributed by atoms with Crippen molar-refractivity contribution in [3.05, 3.63) is 35.9 Å². The summed E-state index contributed by atoms with van der Waals surface area (Å²) in [7, 11) is 4.42. The minimum atomic E-state index is -0.172. The van der Waals surface area contributed by atoms with Gasteiger partial charge in [0.2, 0.25) is 0 Å². The third kappa shape index (κ3) is 5.90. The predicted octanol–water partition coefficient (Wildman–Crippen LogP) is 4.97. The maximum atomic E-state index is 6.27. The molecule has 0 saturated heterocycles. The molecule has 0 aliphatic carbocycles. The van der Waals surface area contributed by atoms with Crippen molar-refractivity contribution in [1.82, 2.24) is 0 Å². The molecule has 0 aliphatic rings. The maximum Gasteiger partial charge on any atom is 0.306 e. The third-order valence-corrected chi connectivity index (χ3v) is 4.83. The van der Waals surface area contributed by atoms with Crippen LogP contribution in [0.4, 0.5) is 5.69 Å². The van der Waals surface area contributed by atoms with Crippen LogP contribution in [0.3, 0.4) is 0 Å². The van der Waals surface area contributed by atoms with Crippen molar-refractivity contribution in [2.75, 3.05) is 19.1 Å². The standard InChI is InChI=1S/C20H34BNO2/c1-9-11-16(21-24-20(5,6)19(2,3)4)15-22(7)17-12-10-13-18(14-17)23-8/h10,12-15,21H,9,11H2,1-8H3/b16-15+. The molecule has 0 aliphatic heterocycles. The quantitative estimate of drug-likeness (QED) is 0.628. The number of methoxy groups -OCH3 is 1. The molecule has 134 valence electrons. The van der Waals surface area contributed by atoms with Crippen molar-refractivity contribution in [2.24, 2.45) is 5.41 Å². The van der Waals surface area contributed by atoms with Crippen LogP contribution < -0.4 is 9.64 Å². The Morgan fingerprint density at radius 2 is 1.88 bits per heavy atom. The van der Waals surface area contributed by atoms with Crippen molar-refractivity contribution >= 4 is 13.2 Å². The molecule has 0 atom stereocenters. The summed E-state index contributed by atoms with van der Waals surface area (Å²) in [6.07, 6.45) is 4.34. The lowest BCUT2D eigenvalue weighted by molar-refractivity contribution is 0.00418. The van der Waals surface area contributed by atoms with Crippen molar-refractivity contribution in [3.8, 4) is 5.75 Å². The highest BCUT2D eigenvalue weighted by Gasteiger charge is 2.33. The fourth-order valence-electron chi connectivity index (χ4n) is 2.16. The van der Waals surface area contributed by atoms with Crippen LogP contribution in [-0.2, 0) is 4.65 Å². The first-order valence-electron chi connectivity index (χ1n) is 8.81. The summed E-state index contributed by atoms with van der Waals surface area (Å²) in [5.41, 5.74) is 2.34. The molecule has 0 saturated carbocycles. The van der Waals surface area contributed by atoms with E-state index in [1.807, 2.05) is 18.2 Å². The van der Waals surface area contributed by atoms with E-state index < -0.39 is 0 Å². The van der Waals surface area contributed by atoms with Crippen molar-refractivity contribution < 1.29 is 9.39 Å². The molecule has 0 heterocycles. The zero-order chi connectivity index (χ0) is 18.4. The van der Waals surface area contributed by atoms with Gasteiger partial charge >= 0.3 is 7.48 Å². The van der Waals surface area contributed by atoms with Crippen molar-refractivity contribution in [3.63, 3.8) is 0 Å². The highest BCUT2D eigenvalue weighted by Crippen LogP contribution is 2.33. The van der Waals surface area contributed by atoms with E-state index in [1.54, 1.807) is 7.11 Å². The van der Waals surface area contributed by atoms with Gasteiger partial charge in [-0.3, -0.25) is 0 Å². The van der Waals surface area contributed by atoms with E-state index in [-0.39, 0.29) is 11.0 Å². The summed E-state index contributed by atoms with van der Waals surface area (Å²) >= 11 is 0. The summed E-state index contributed by atoms with van der Waals surface area (Å²) in [6, 6.07) is 8.10. The van der Waals surface area contributed by atoms with Crippen LogP contribution in [0.15, 0.2) is 35.9 Å². The number of ether oxygens (including phenoxy) is 1. The molecule has 0 bridgehead atoms. The number of hydrogen-bond acceptors (Lipinski definition) is 3. The van der Waals surface area contributed by atoms with Gasteiger partial charge in [0.05, 0.1) is 12.7 Å². The molecule has 0 N–H and O–H groups in total. The molecule has 1 rings (SSSR count). The van der Waals surface area contributed by atoms with Gasteiger partial charge in [0.15, 0.2) is 0 Å². The Labute approximate surface area is 149 Å². The van der Waals surface area contributed by atoms with Gasteiger partial charge in [-0.1, -0.05) is 45.7 Å². The highest BCUT2D eigenvalue weighted by molar-refractivity contribution is 6.38. The number of allylic oxidation sites excluding steroid dienone is 1. The summed E-state index contributed by atoms with van der Waals surface area (Å²) in [5, 5.41) is 0. The van der Waals surface area contributed by atoms with Gasteiger partial charge in [-0.2, -0.15) is 0 Å². The van der Waals surface area contributed by atoms with Gasteiger partial charge in [0.25, 0.3) is 0 Å². The zero-order valence-electron chi connectivity index (χ0n) is 16.8. The second-order valence-corrected chi connectivity index (χ2v) is 7.90. The number of rotatable bonds is 8. The van der Waals surface area contributed by atoms with E-state index in [0.29, 0.717) is 7.48 Å². The average Bonchev–Trinajstić information content (AvgIpc) is 2.51. The highest BCUT2D eigenvalue weighted by atomic mass is 16.5. The first-order valence-corrected chi connectivity index (χ1v) is 8.81. The summed E-state index contributed by atoms with van der Waals surface area (Å²) in [5.74, 6) is 0.870. The normalized spacial score (nSPS) is 12.9. The average molecular weight is 331 g/mol. The Morgan fingerprint density at radius 3 is 2.42 bits per heavy atom. The zero-order valence-corrected chi connectivity index (χ0v) is 16.8. The fraction of sp³-hybridized carbons (Fsp3) is 0.600. The summed E-state index contributed by atoms with van der Waals surface area (Å²) < 4.78 is 11.6. The molecule has 0 spiro atoms. The van der Waals surface area contributed by atoms with Gasteiger partial charge in [-0.25, -0.2) is 0 Å². The number of benzene rings is 1. The van der Waals surface area contributed by atoms with E-state index in [4.69, 9.17) is 9.39 Å². The molecule has 3 nitrogen and oxygen atoms in total. The van der Waals surface area contributed by atoms with E-state index in [9.17, 15) is 0 Å². The Hall–Kier alpha value is -1.42. The van der Waals surface area contributed by atoms with Crippen molar-refractivity contribution in [1.29, 1.82) is 0 Å². The Bertz CT molecular complexity index is 547. The van der Waals surface area contributed by atoms with Crippen LogP contribution in [0.2, 0.25) is 0 Å². The van der Waals surface area contributed by atoms with E-state index >= 15 is 0 Å². The van der Waals surface area contributed by atoms with Gasteiger partial charge < -0.3 is 14.3 Å². The molecule has 24 heavy (non-hydrogen) atoms. The molecule has 0 radical (unpaired) electrons. The van der Waals surface area contributed by atoms with Crippen LogP contribution >= 0.6 is 0 Å². The first-order chi connectivity index (χ1) is 11.1. The van der Waals surface area contributed by atoms with E-state index in [0.717, 1.165) is 24.3 Å². The topological polar surface area (TPSA) is 21.7 Å². The smallest absolute Gasteiger partial charge is 0.306 e. The van der Waals surface area contributed by atoms with Crippen LogP contribution in [0, 0.1) is 5.41 Å². The molecule has 0 fully saturated rings. The second-order valence-electron chi connectivity index (χ2n) is 7.90. The van der Waals surface area contributed by atoms with Gasteiger partial charge in [-0.15, -0.1) is 0 Å². The molecule has 0 unspecified atom stereocenters. The van der Waals surface area contributed by atoms with Crippen molar-refractivity contribution in [2.45, 2.75) is 60.0 Å². The molecule has 0 amide bonds. The van der Waals surface area contributed by atoms with Gasteiger partial charge in [-0.05, 0) is 44.0 Å². The molecule has 1 aromatic rings. The van der Waals surface area contributed by atoms with Crippen LogP contribution in [-0.4, -0.2) is 27.2 Å². The SMILES string of the molecule is CCC/C(BOC(C)(C)C(C)(C)C)=C\N(C)c1cccc(OC)c1. The van der Waals surface area contributed by atoms with Gasteiger partial charge in [0, 0.05) is 18.8 Å². The Balaban J connectivity index is 2.88. The fourth-order valence-corrected chi connectivity index (χ4v) is 2.16.